The Bertz CT molecular complexity index is 813. The number of rotatable bonds is 2. The lowest BCUT2D eigenvalue weighted by molar-refractivity contribution is -0.138. The summed E-state index contributed by atoms with van der Waals surface area (Å²) in [5.74, 6) is 0.303. The molecule has 0 aromatic heterocycles. The number of likely N-dealkylation sites (N-methyl/N-ethyl adjacent to an activating group) is 1. The molecular formula is C22H25NOS. The third-order valence-corrected chi connectivity index (χ3v) is 7.09. The topological polar surface area (TPSA) is 20.3 Å². The molecule has 1 aliphatic carbocycles. The maximum atomic E-state index is 12.1. The van der Waals surface area contributed by atoms with Gasteiger partial charge < -0.3 is 4.90 Å². The molecule has 1 fully saturated rings. The van der Waals surface area contributed by atoms with Crippen LogP contribution in [0, 0.1) is 6.92 Å². The van der Waals surface area contributed by atoms with E-state index in [0.717, 1.165) is 19.3 Å². The van der Waals surface area contributed by atoms with Gasteiger partial charge in [-0.15, -0.1) is 0 Å². The van der Waals surface area contributed by atoms with E-state index in [1.54, 1.807) is 0 Å². The van der Waals surface area contributed by atoms with Crippen molar-refractivity contribution < 1.29 is 4.79 Å². The highest BCUT2D eigenvalue weighted by molar-refractivity contribution is 7.99. The number of benzene rings is 2. The molecule has 1 saturated heterocycles. The van der Waals surface area contributed by atoms with E-state index in [2.05, 4.69) is 56.3 Å². The van der Waals surface area contributed by atoms with Crippen LogP contribution >= 0.6 is 11.8 Å². The molecule has 1 amide bonds. The lowest BCUT2D eigenvalue weighted by atomic mass is 9.63. The Kier molecular flexibility index (Phi) is 4.15. The van der Waals surface area contributed by atoms with Crippen molar-refractivity contribution in [2.24, 2.45) is 0 Å². The molecule has 0 bridgehead atoms. The van der Waals surface area contributed by atoms with Gasteiger partial charge in [0.15, 0.2) is 0 Å². The van der Waals surface area contributed by atoms with Gasteiger partial charge in [0.1, 0.15) is 0 Å². The number of hydrogen-bond acceptors (Lipinski definition) is 2. The van der Waals surface area contributed by atoms with Gasteiger partial charge in [0.2, 0.25) is 5.91 Å². The summed E-state index contributed by atoms with van der Waals surface area (Å²) in [6.07, 6.45) is 3.78. The number of likely N-dealkylation sites (tertiary alicyclic amines) is 1. The van der Waals surface area contributed by atoms with Crippen LogP contribution in [0.5, 0.6) is 0 Å². The summed E-state index contributed by atoms with van der Waals surface area (Å²) in [6, 6.07) is 16.0. The number of amides is 1. The second-order valence-corrected chi connectivity index (χ2v) is 8.86. The summed E-state index contributed by atoms with van der Waals surface area (Å²) in [6.45, 7) is 4.47. The van der Waals surface area contributed by atoms with Gasteiger partial charge in [-0.3, -0.25) is 4.79 Å². The zero-order chi connectivity index (χ0) is 17.6. The maximum absolute atomic E-state index is 12.1. The van der Waals surface area contributed by atoms with E-state index in [4.69, 9.17) is 0 Å². The molecule has 0 radical (unpaired) electrons. The molecule has 1 aliphatic heterocycles. The molecule has 0 N–H and O–H groups in total. The number of fused-ring (bicyclic) bond motifs is 3. The van der Waals surface area contributed by atoms with Gasteiger partial charge in [0.25, 0.3) is 0 Å². The smallest absolute Gasteiger partial charge is 0.222 e. The summed E-state index contributed by atoms with van der Waals surface area (Å²) in [5.41, 5.74) is 4.32. The van der Waals surface area contributed by atoms with E-state index < -0.39 is 0 Å². The largest absolute Gasteiger partial charge is 0.342 e. The molecule has 25 heavy (non-hydrogen) atoms. The van der Waals surface area contributed by atoms with Crippen LogP contribution in [0.3, 0.4) is 0 Å². The van der Waals surface area contributed by atoms with Crippen LogP contribution in [0.4, 0.5) is 0 Å². The number of nitrogens with zero attached hydrogens (tertiary/aromatic N) is 1. The molecule has 2 atom stereocenters. The van der Waals surface area contributed by atoms with Gasteiger partial charge in [-0.1, -0.05) is 42.4 Å². The predicted molar refractivity (Wildman–Crippen MR) is 103 cm³/mol. The standard InChI is InChI=1S/C22H25NOS/c1-15-4-7-17(8-5-15)25-18-9-10-19-16(14-18)6-11-20-22(19,2)13-12-21(24)23(20)3/h4-5,7-10,14,20H,6,11-13H2,1-3H3/t20-,22-/m1/s1. The van der Waals surface area contributed by atoms with Crippen molar-refractivity contribution in [1.82, 2.24) is 4.90 Å². The summed E-state index contributed by atoms with van der Waals surface area (Å²) in [5, 5.41) is 0. The third-order valence-electron chi connectivity index (χ3n) is 6.09. The zero-order valence-corrected chi connectivity index (χ0v) is 16.0. The van der Waals surface area contributed by atoms with Gasteiger partial charge in [0, 0.05) is 34.7 Å². The molecule has 0 unspecified atom stereocenters. The number of carbonyl (C=O) groups excluding carboxylic acids is 1. The Labute approximate surface area is 154 Å². The van der Waals surface area contributed by atoms with E-state index in [1.807, 2.05) is 23.7 Å². The van der Waals surface area contributed by atoms with Crippen molar-refractivity contribution in [3.63, 3.8) is 0 Å². The van der Waals surface area contributed by atoms with Crippen molar-refractivity contribution in [2.75, 3.05) is 7.05 Å². The molecule has 3 heteroatoms. The second-order valence-electron chi connectivity index (χ2n) is 7.71. The lowest BCUT2D eigenvalue weighted by Gasteiger charge is -2.50. The zero-order valence-electron chi connectivity index (χ0n) is 15.2. The van der Waals surface area contributed by atoms with Crippen LogP contribution in [0.1, 0.15) is 42.9 Å². The average molecular weight is 352 g/mol. The van der Waals surface area contributed by atoms with Crippen LogP contribution in [0.2, 0.25) is 0 Å². The summed E-state index contributed by atoms with van der Waals surface area (Å²) in [4.78, 5) is 16.7. The van der Waals surface area contributed by atoms with Crippen molar-refractivity contribution in [2.45, 2.75) is 60.8 Å². The minimum Gasteiger partial charge on any atom is -0.342 e. The highest BCUT2D eigenvalue weighted by atomic mass is 32.2. The van der Waals surface area contributed by atoms with Crippen molar-refractivity contribution in [3.05, 3.63) is 59.2 Å². The van der Waals surface area contributed by atoms with Crippen LogP contribution in [0.15, 0.2) is 52.3 Å². The Hall–Kier alpha value is -1.74. The SMILES string of the molecule is Cc1ccc(Sc2ccc3c(c2)CC[C@H]2N(C)C(=O)CC[C@]32C)cc1. The monoisotopic (exact) mass is 351 g/mol. The molecule has 2 aromatic rings. The minimum absolute atomic E-state index is 0.100. The summed E-state index contributed by atoms with van der Waals surface area (Å²) < 4.78 is 0. The Balaban J connectivity index is 1.64. The highest BCUT2D eigenvalue weighted by Crippen LogP contribution is 2.46. The number of aryl methyl sites for hydroxylation is 2. The maximum Gasteiger partial charge on any atom is 0.222 e. The van der Waals surface area contributed by atoms with Gasteiger partial charge in [-0.2, -0.15) is 0 Å². The molecule has 2 aromatic carbocycles. The van der Waals surface area contributed by atoms with Crippen LogP contribution in [0.25, 0.3) is 0 Å². The molecule has 0 saturated carbocycles. The molecule has 4 rings (SSSR count). The van der Waals surface area contributed by atoms with E-state index in [1.165, 1.54) is 26.5 Å². The Morgan fingerprint density at radius 2 is 1.80 bits per heavy atom. The highest BCUT2D eigenvalue weighted by Gasteiger charge is 2.46. The number of hydrogen-bond donors (Lipinski definition) is 0. The predicted octanol–water partition coefficient (Wildman–Crippen LogP) is 4.97. The van der Waals surface area contributed by atoms with Crippen molar-refractivity contribution in [3.8, 4) is 0 Å². The molecule has 2 nitrogen and oxygen atoms in total. The summed E-state index contributed by atoms with van der Waals surface area (Å²) in [7, 11) is 1.98. The third kappa shape index (κ3) is 2.89. The molecule has 0 spiro atoms. The van der Waals surface area contributed by atoms with Crippen molar-refractivity contribution in [1.29, 1.82) is 0 Å². The quantitative estimate of drug-likeness (QED) is 0.761. The molecule has 130 valence electrons. The summed E-state index contributed by atoms with van der Waals surface area (Å²) >= 11 is 1.83. The van der Waals surface area contributed by atoms with Gasteiger partial charge in [0.05, 0.1) is 0 Å². The molecule has 1 heterocycles. The lowest BCUT2D eigenvalue weighted by Crippen LogP contribution is -2.56. The van der Waals surface area contributed by atoms with E-state index in [-0.39, 0.29) is 5.41 Å². The fourth-order valence-corrected chi connectivity index (χ4v) is 5.45. The first-order valence-corrected chi connectivity index (χ1v) is 9.92. The fraction of sp³-hybridized carbons (Fsp3) is 0.409. The van der Waals surface area contributed by atoms with Crippen LogP contribution in [-0.4, -0.2) is 23.9 Å². The van der Waals surface area contributed by atoms with Crippen molar-refractivity contribution >= 4 is 17.7 Å². The first kappa shape index (κ1) is 16.7. The van der Waals surface area contributed by atoms with Gasteiger partial charge in [-0.25, -0.2) is 0 Å². The van der Waals surface area contributed by atoms with Crippen LogP contribution in [-0.2, 0) is 16.6 Å². The number of piperidine rings is 1. The van der Waals surface area contributed by atoms with Crippen LogP contribution < -0.4 is 0 Å². The second kappa shape index (κ2) is 6.21. The first-order valence-electron chi connectivity index (χ1n) is 9.11. The number of carbonyl (C=O) groups is 1. The Morgan fingerprint density at radius 3 is 2.56 bits per heavy atom. The van der Waals surface area contributed by atoms with E-state index in [9.17, 15) is 4.79 Å². The first-order chi connectivity index (χ1) is 12.0. The minimum atomic E-state index is 0.100. The average Bonchev–Trinajstić information content (AvgIpc) is 2.60. The fourth-order valence-electron chi connectivity index (χ4n) is 4.57. The normalized spacial score (nSPS) is 25.5. The molecule has 2 aliphatic rings. The molecular weight excluding hydrogens is 326 g/mol. The van der Waals surface area contributed by atoms with Gasteiger partial charge >= 0.3 is 0 Å². The van der Waals surface area contributed by atoms with E-state index >= 15 is 0 Å². The van der Waals surface area contributed by atoms with Gasteiger partial charge in [-0.05, 0) is 61.6 Å². The van der Waals surface area contributed by atoms with E-state index in [0.29, 0.717) is 18.4 Å². The Morgan fingerprint density at radius 1 is 1.08 bits per heavy atom.